The molecule has 4 amide bonds. The van der Waals surface area contributed by atoms with Gasteiger partial charge >= 0.3 is 12.1 Å². The molecule has 0 aromatic heterocycles. The molecule has 1 aromatic carbocycles. The minimum atomic E-state index is -0.464. The molecule has 6 nitrogen and oxygen atoms in total. The van der Waals surface area contributed by atoms with E-state index in [1.54, 1.807) is 34.3 Å². The summed E-state index contributed by atoms with van der Waals surface area (Å²) in [5.41, 5.74) is 7.68. The molecule has 0 radical (unpaired) electrons. The lowest BCUT2D eigenvalue weighted by molar-refractivity contribution is 0.227. The van der Waals surface area contributed by atoms with Crippen LogP contribution in [0, 0.1) is 6.92 Å². The van der Waals surface area contributed by atoms with E-state index in [1.807, 2.05) is 19.1 Å². The van der Waals surface area contributed by atoms with Crippen molar-refractivity contribution in [1.82, 2.24) is 9.38 Å². The SMILES string of the molecule is Cc1ccc([N+](C)(C)C(N)=O)cc1NC(=O)N(C)C. The topological polar surface area (TPSA) is 75.4 Å². The largest absolute Gasteiger partial charge is 0.418 e. The van der Waals surface area contributed by atoms with Crippen molar-refractivity contribution in [2.45, 2.75) is 6.92 Å². The van der Waals surface area contributed by atoms with E-state index in [0.717, 1.165) is 5.56 Å². The summed E-state index contributed by atoms with van der Waals surface area (Å²) in [6.07, 6.45) is 0. The van der Waals surface area contributed by atoms with E-state index in [0.29, 0.717) is 11.4 Å². The van der Waals surface area contributed by atoms with E-state index in [1.165, 1.54) is 4.90 Å². The van der Waals surface area contributed by atoms with Crippen LogP contribution in [-0.4, -0.2) is 45.2 Å². The number of nitrogens with one attached hydrogen (secondary N) is 1. The Kier molecular flexibility index (Phi) is 4.16. The zero-order chi connectivity index (χ0) is 14.8. The second-order valence-electron chi connectivity index (χ2n) is 5.12. The standard InChI is InChI=1S/C13H20N4O2/c1-9-6-7-10(17(4,5)12(14)18)8-11(9)15-13(19)16(2)3/h6-8H,1-5H3,(H2-,14,15,18,19)/p+1. The second-order valence-corrected chi connectivity index (χ2v) is 5.12. The van der Waals surface area contributed by atoms with Gasteiger partial charge in [0.25, 0.3) is 0 Å². The van der Waals surface area contributed by atoms with Gasteiger partial charge in [0.2, 0.25) is 0 Å². The van der Waals surface area contributed by atoms with Crippen LogP contribution < -0.4 is 15.5 Å². The highest BCUT2D eigenvalue weighted by molar-refractivity contribution is 5.91. The molecule has 0 aliphatic rings. The van der Waals surface area contributed by atoms with Crippen molar-refractivity contribution in [1.29, 1.82) is 0 Å². The molecular weight excluding hydrogens is 244 g/mol. The summed E-state index contributed by atoms with van der Waals surface area (Å²) in [5.74, 6) is 0. The van der Waals surface area contributed by atoms with Crippen LogP contribution in [0.2, 0.25) is 0 Å². The van der Waals surface area contributed by atoms with Crippen LogP contribution in [0.4, 0.5) is 21.0 Å². The van der Waals surface area contributed by atoms with E-state index in [2.05, 4.69) is 5.32 Å². The molecule has 0 spiro atoms. The van der Waals surface area contributed by atoms with Crippen molar-refractivity contribution < 1.29 is 9.59 Å². The van der Waals surface area contributed by atoms with Gasteiger partial charge in [-0.1, -0.05) is 6.07 Å². The molecule has 6 heteroatoms. The van der Waals surface area contributed by atoms with Crippen LogP contribution in [0.5, 0.6) is 0 Å². The van der Waals surface area contributed by atoms with Crippen molar-refractivity contribution in [2.24, 2.45) is 5.73 Å². The van der Waals surface area contributed by atoms with E-state index in [9.17, 15) is 9.59 Å². The van der Waals surface area contributed by atoms with Crippen LogP contribution in [-0.2, 0) is 0 Å². The highest BCUT2D eigenvalue weighted by Crippen LogP contribution is 2.26. The first-order valence-corrected chi connectivity index (χ1v) is 5.89. The summed E-state index contributed by atoms with van der Waals surface area (Å²) in [5, 5.41) is 2.79. The lowest BCUT2D eigenvalue weighted by Gasteiger charge is -2.24. The van der Waals surface area contributed by atoms with Gasteiger partial charge in [0, 0.05) is 26.2 Å². The maximum atomic E-state index is 11.7. The Morgan fingerprint density at radius 1 is 1.26 bits per heavy atom. The number of aryl methyl sites for hydroxylation is 1. The number of rotatable bonds is 2. The molecule has 0 saturated carbocycles. The first kappa shape index (κ1) is 15.0. The van der Waals surface area contributed by atoms with Crippen LogP contribution in [0.3, 0.4) is 0 Å². The van der Waals surface area contributed by atoms with Crippen LogP contribution in [0.25, 0.3) is 0 Å². The number of nitrogens with two attached hydrogens (primary N) is 1. The summed E-state index contributed by atoms with van der Waals surface area (Å²) in [7, 11) is 6.73. The van der Waals surface area contributed by atoms with Crippen LogP contribution >= 0.6 is 0 Å². The Hall–Kier alpha value is -2.08. The fourth-order valence-electron chi connectivity index (χ4n) is 1.45. The number of carbonyl (C=O) groups is 2. The number of amides is 4. The molecule has 1 aromatic rings. The smallest absolute Gasteiger partial charge is 0.331 e. The van der Waals surface area contributed by atoms with Crippen molar-refractivity contribution in [3.05, 3.63) is 23.8 Å². The van der Waals surface area contributed by atoms with Gasteiger partial charge in [-0.25, -0.2) is 14.1 Å². The number of anilines is 1. The summed E-state index contributed by atoms with van der Waals surface area (Å²) in [6.45, 7) is 1.89. The Balaban J connectivity index is 3.14. The third-order valence-corrected chi connectivity index (χ3v) is 3.07. The summed E-state index contributed by atoms with van der Waals surface area (Å²) < 4.78 is -0.0783. The normalized spacial score (nSPS) is 11.0. The maximum absolute atomic E-state index is 11.7. The molecule has 104 valence electrons. The number of benzene rings is 1. The van der Waals surface area contributed by atoms with Gasteiger partial charge in [0.1, 0.15) is 5.69 Å². The molecule has 1 rings (SSSR count). The zero-order valence-corrected chi connectivity index (χ0v) is 12.0. The fraction of sp³-hybridized carbons (Fsp3) is 0.385. The monoisotopic (exact) mass is 265 g/mol. The molecule has 0 unspecified atom stereocenters. The van der Waals surface area contributed by atoms with Gasteiger partial charge in [-0.05, 0) is 12.5 Å². The molecule has 0 atom stereocenters. The predicted octanol–water partition coefficient (Wildman–Crippen LogP) is 1.73. The number of nitrogens with zero attached hydrogens (tertiary/aromatic N) is 2. The quantitative estimate of drug-likeness (QED) is 0.799. The van der Waals surface area contributed by atoms with E-state index >= 15 is 0 Å². The number of urea groups is 2. The first-order chi connectivity index (χ1) is 8.66. The van der Waals surface area contributed by atoms with E-state index < -0.39 is 6.03 Å². The summed E-state index contributed by atoms with van der Waals surface area (Å²) in [4.78, 5) is 24.6. The number of primary amides is 1. The van der Waals surface area contributed by atoms with E-state index in [-0.39, 0.29) is 10.5 Å². The maximum Gasteiger partial charge on any atom is 0.418 e. The zero-order valence-electron chi connectivity index (χ0n) is 12.0. The molecule has 0 heterocycles. The van der Waals surface area contributed by atoms with Gasteiger partial charge in [0.15, 0.2) is 0 Å². The molecule has 0 aliphatic heterocycles. The third kappa shape index (κ3) is 3.23. The summed E-state index contributed by atoms with van der Waals surface area (Å²) in [6, 6.07) is 4.76. The van der Waals surface area contributed by atoms with Crippen molar-refractivity contribution in [2.75, 3.05) is 33.5 Å². The van der Waals surface area contributed by atoms with Gasteiger partial charge < -0.3 is 16.0 Å². The molecular formula is C13H21N4O2+. The van der Waals surface area contributed by atoms with E-state index in [4.69, 9.17) is 5.73 Å². The highest BCUT2D eigenvalue weighted by atomic mass is 16.2. The molecule has 19 heavy (non-hydrogen) atoms. The van der Waals surface area contributed by atoms with Gasteiger partial charge in [-0.3, -0.25) is 0 Å². The Bertz CT molecular complexity index is 509. The number of quaternary nitrogens is 1. The molecule has 0 saturated heterocycles. The highest BCUT2D eigenvalue weighted by Gasteiger charge is 2.27. The second kappa shape index (κ2) is 5.27. The lowest BCUT2D eigenvalue weighted by Crippen LogP contribution is -2.50. The Labute approximate surface area is 113 Å². The Morgan fingerprint density at radius 3 is 2.32 bits per heavy atom. The number of carbonyl (C=O) groups excluding carboxylic acids is 2. The summed E-state index contributed by atoms with van der Waals surface area (Å²) >= 11 is 0. The predicted molar refractivity (Wildman–Crippen MR) is 77.1 cm³/mol. The molecule has 0 bridgehead atoms. The molecule has 0 fully saturated rings. The van der Waals surface area contributed by atoms with Crippen molar-refractivity contribution in [3.63, 3.8) is 0 Å². The van der Waals surface area contributed by atoms with Gasteiger partial charge in [0.05, 0.1) is 19.8 Å². The van der Waals surface area contributed by atoms with Gasteiger partial charge in [-0.2, -0.15) is 0 Å². The first-order valence-electron chi connectivity index (χ1n) is 5.89. The fourth-order valence-corrected chi connectivity index (χ4v) is 1.45. The minimum absolute atomic E-state index is 0.0783. The average molecular weight is 265 g/mol. The minimum Gasteiger partial charge on any atom is -0.331 e. The average Bonchev–Trinajstić information content (AvgIpc) is 2.31. The third-order valence-electron chi connectivity index (χ3n) is 3.07. The van der Waals surface area contributed by atoms with Crippen molar-refractivity contribution in [3.8, 4) is 0 Å². The van der Waals surface area contributed by atoms with Crippen LogP contribution in [0.1, 0.15) is 5.56 Å². The number of hydrogen-bond acceptors (Lipinski definition) is 2. The van der Waals surface area contributed by atoms with Gasteiger partial charge in [-0.15, -0.1) is 0 Å². The lowest BCUT2D eigenvalue weighted by atomic mass is 10.1. The Morgan fingerprint density at radius 2 is 1.84 bits per heavy atom. The van der Waals surface area contributed by atoms with Crippen molar-refractivity contribution >= 4 is 23.4 Å². The molecule has 0 aliphatic carbocycles. The van der Waals surface area contributed by atoms with Crippen LogP contribution in [0.15, 0.2) is 18.2 Å². The number of hydrogen-bond donors (Lipinski definition) is 2. The molecule has 3 N–H and O–H groups in total.